The van der Waals surface area contributed by atoms with Crippen molar-refractivity contribution >= 4 is 5.91 Å². The van der Waals surface area contributed by atoms with Gasteiger partial charge in [0.15, 0.2) is 5.69 Å². The number of nitrogens with zero attached hydrogens (tertiary/aromatic N) is 3. The third kappa shape index (κ3) is 3.04. The second-order valence-corrected chi connectivity index (χ2v) is 5.63. The summed E-state index contributed by atoms with van der Waals surface area (Å²) < 4.78 is 1.75. The molecule has 0 spiro atoms. The van der Waals surface area contributed by atoms with Gasteiger partial charge in [-0.05, 0) is 37.6 Å². The number of hydrogen-bond donors (Lipinski definition) is 1. The van der Waals surface area contributed by atoms with Crippen LogP contribution in [0.1, 0.15) is 30.3 Å². The highest BCUT2D eigenvalue weighted by atomic mass is 16.2. The summed E-state index contributed by atoms with van der Waals surface area (Å²) in [6.45, 7) is 4.75. The molecule has 2 aromatic rings. The van der Waals surface area contributed by atoms with Crippen molar-refractivity contribution in [3.8, 4) is 5.69 Å². The Morgan fingerprint density at radius 2 is 2.18 bits per heavy atom. The molecule has 1 aromatic heterocycles. The summed E-state index contributed by atoms with van der Waals surface area (Å²) in [5, 5.41) is 7.79. The number of amides is 1. The van der Waals surface area contributed by atoms with Crippen molar-refractivity contribution in [3.05, 3.63) is 48.3 Å². The van der Waals surface area contributed by atoms with Crippen LogP contribution in [0.4, 0.5) is 0 Å². The highest BCUT2D eigenvalue weighted by molar-refractivity contribution is 5.92. The Labute approximate surface area is 130 Å². The van der Waals surface area contributed by atoms with Crippen molar-refractivity contribution in [1.82, 2.24) is 20.0 Å². The van der Waals surface area contributed by atoms with Gasteiger partial charge >= 0.3 is 0 Å². The van der Waals surface area contributed by atoms with E-state index in [1.54, 1.807) is 10.7 Å². The maximum absolute atomic E-state index is 12.8. The molecule has 2 heterocycles. The third-order valence-corrected chi connectivity index (χ3v) is 4.03. The third-order valence-electron chi connectivity index (χ3n) is 4.03. The number of rotatable bonds is 5. The number of para-hydroxylation sites is 1. The van der Waals surface area contributed by atoms with Crippen LogP contribution in [0.25, 0.3) is 5.69 Å². The van der Waals surface area contributed by atoms with Crippen molar-refractivity contribution in [2.24, 2.45) is 0 Å². The van der Waals surface area contributed by atoms with Gasteiger partial charge in [-0.15, -0.1) is 0 Å². The quantitative estimate of drug-likeness (QED) is 0.919. The van der Waals surface area contributed by atoms with Gasteiger partial charge in [0.2, 0.25) is 0 Å². The van der Waals surface area contributed by atoms with Crippen LogP contribution in [-0.2, 0) is 0 Å². The fraction of sp³-hybridized carbons (Fsp3) is 0.412. The molecule has 1 amide bonds. The fourth-order valence-corrected chi connectivity index (χ4v) is 2.91. The first-order valence-electron chi connectivity index (χ1n) is 7.92. The number of carbonyl (C=O) groups is 1. The molecule has 1 atom stereocenters. The summed E-state index contributed by atoms with van der Waals surface area (Å²) in [6.07, 6.45) is 3.83. The highest BCUT2D eigenvalue weighted by Crippen LogP contribution is 2.14. The Morgan fingerprint density at radius 3 is 2.86 bits per heavy atom. The SMILES string of the molecule is CCCN(C(=O)c1ccn(-c2ccccc2)n1)C1CCNC1. The summed E-state index contributed by atoms with van der Waals surface area (Å²) in [7, 11) is 0. The molecule has 1 N–H and O–H groups in total. The number of carbonyl (C=O) groups excluding carboxylic acids is 1. The first-order chi connectivity index (χ1) is 10.8. The van der Waals surface area contributed by atoms with Crippen LogP contribution < -0.4 is 5.32 Å². The number of nitrogens with one attached hydrogen (secondary N) is 1. The van der Waals surface area contributed by atoms with Gasteiger partial charge in [0.05, 0.1) is 5.69 Å². The molecule has 5 heteroatoms. The molecule has 0 aliphatic carbocycles. The van der Waals surface area contributed by atoms with Gasteiger partial charge in [0.25, 0.3) is 5.91 Å². The predicted octanol–water partition coefficient (Wildman–Crippen LogP) is 2.09. The minimum atomic E-state index is 0.0326. The monoisotopic (exact) mass is 298 g/mol. The molecule has 1 aliphatic rings. The van der Waals surface area contributed by atoms with Crippen LogP contribution in [0.2, 0.25) is 0 Å². The van der Waals surface area contributed by atoms with Crippen molar-refractivity contribution < 1.29 is 4.79 Å². The van der Waals surface area contributed by atoms with Crippen LogP contribution in [0.3, 0.4) is 0 Å². The first kappa shape index (κ1) is 14.8. The lowest BCUT2D eigenvalue weighted by molar-refractivity contribution is 0.0685. The van der Waals surface area contributed by atoms with E-state index in [1.165, 1.54) is 0 Å². The lowest BCUT2D eigenvalue weighted by atomic mass is 10.2. The van der Waals surface area contributed by atoms with Crippen molar-refractivity contribution in [2.45, 2.75) is 25.8 Å². The molecule has 1 fully saturated rings. The average Bonchev–Trinajstić information content (AvgIpc) is 3.24. The van der Waals surface area contributed by atoms with Crippen LogP contribution in [0.15, 0.2) is 42.6 Å². The van der Waals surface area contributed by atoms with Gasteiger partial charge in [-0.2, -0.15) is 5.10 Å². The van der Waals surface area contributed by atoms with Crippen LogP contribution in [0.5, 0.6) is 0 Å². The van der Waals surface area contributed by atoms with E-state index in [0.717, 1.165) is 38.2 Å². The summed E-state index contributed by atoms with van der Waals surface area (Å²) in [6, 6.07) is 11.9. The van der Waals surface area contributed by atoms with Gasteiger partial charge in [0, 0.05) is 25.3 Å². The molecule has 5 nitrogen and oxygen atoms in total. The molecule has 0 saturated carbocycles. The zero-order chi connectivity index (χ0) is 15.4. The maximum atomic E-state index is 12.8. The highest BCUT2D eigenvalue weighted by Gasteiger charge is 2.27. The molecule has 1 aliphatic heterocycles. The van der Waals surface area contributed by atoms with Crippen LogP contribution in [-0.4, -0.2) is 46.3 Å². The molecular formula is C17H22N4O. The molecule has 1 saturated heterocycles. The summed E-state index contributed by atoms with van der Waals surface area (Å²) >= 11 is 0. The Kier molecular flexibility index (Phi) is 4.53. The first-order valence-corrected chi connectivity index (χ1v) is 7.92. The van der Waals surface area contributed by atoms with Gasteiger partial charge in [-0.3, -0.25) is 4.79 Å². The van der Waals surface area contributed by atoms with E-state index in [1.807, 2.05) is 41.4 Å². The number of aromatic nitrogens is 2. The molecule has 1 aromatic carbocycles. The molecule has 116 valence electrons. The standard InChI is InChI=1S/C17H22N4O/c1-2-11-20(15-8-10-18-13-15)17(22)16-9-12-21(19-16)14-6-4-3-5-7-14/h3-7,9,12,15,18H,2,8,10-11,13H2,1H3. The molecule has 22 heavy (non-hydrogen) atoms. The summed E-state index contributed by atoms with van der Waals surface area (Å²) in [4.78, 5) is 14.8. The molecule has 1 unspecified atom stereocenters. The minimum Gasteiger partial charge on any atom is -0.333 e. The second-order valence-electron chi connectivity index (χ2n) is 5.63. The van der Waals surface area contributed by atoms with E-state index < -0.39 is 0 Å². The fourth-order valence-electron chi connectivity index (χ4n) is 2.91. The van der Waals surface area contributed by atoms with Crippen LogP contribution in [0, 0.1) is 0 Å². The van der Waals surface area contributed by atoms with Crippen molar-refractivity contribution in [3.63, 3.8) is 0 Å². The van der Waals surface area contributed by atoms with E-state index in [4.69, 9.17) is 0 Å². The van der Waals surface area contributed by atoms with E-state index in [2.05, 4.69) is 17.3 Å². The minimum absolute atomic E-state index is 0.0326. The maximum Gasteiger partial charge on any atom is 0.274 e. The average molecular weight is 298 g/mol. The molecule has 3 rings (SSSR count). The van der Waals surface area contributed by atoms with E-state index in [-0.39, 0.29) is 11.9 Å². The lowest BCUT2D eigenvalue weighted by Crippen LogP contribution is -2.42. The van der Waals surface area contributed by atoms with E-state index in [0.29, 0.717) is 5.69 Å². The normalized spacial score (nSPS) is 17.6. The van der Waals surface area contributed by atoms with Gasteiger partial charge in [-0.1, -0.05) is 25.1 Å². The number of benzene rings is 1. The van der Waals surface area contributed by atoms with E-state index in [9.17, 15) is 4.79 Å². The van der Waals surface area contributed by atoms with Gasteiger partial charge in [-0.25, -0.2) is 4.68 Å². The Hall–Kier alpha value is -2.14. The van der Waals surface area contributed by atoms with Crippen LogP contribution >= 0.6 is 0 Å². The molecular weight excluding hydrogens is 276 g/mol. The lowest BCUT2D eigenvalue weighted by Gasteiger charge is -2.27. The molecule has 0 radical (unpaired) electrons. The predicted molar refractivity (Wildman–Crippen MR) is 86.2 cm³/mol. The second kappa shape index (κ2) is 6.75. The Balaban J connectivity index is 1.80. The topological polar surface area (TPSA) is 50.2 Å². The summed E-state index contributed by atoms with van der Waals surface area (Å²) in [5.41, 5.74) is 1.48. The van der Waals surface area contributed by atoms with Gasteiger partial charge in [0.1, 0.15) is 0 Å². The zero-order valence-corrected chi connectivity index (χ0v) is 12.9. The number of hydrogen-bond acceptors (Lipinski definition) is 3. The zero-order valence-electron chi connectivity index (χ0n) is 12.9. The van der Waals surface area contributed by atoms with Crippen molar-refractivity contribution in [1.29, 1.82) is 0 Å². The summed E-state index contributed by atoms with van der Waals surface area (Å²) in [5.74, 6) is 0.0326. The Morgan fingerprint density at radius 1 is 1.36 bits per heavy atom. The van der Waals surface area contributed by atoms with Gasteiger partial charge < -0.3 is 10.2 Å². The molecule has 0 bridgehead atoms. The largest absolute Gasteiger partial charge is 0.333 e. The van der Waals surface area contributed by atoms with Crippen molar-refractivity contribution in [2.75, 3.05) is 19.6 Å². The Bertz CT molecular complexity index is 617. The smallest absolute Gasteiger partial charge is 0.274 e. The van der Waals surface area contributed by atoms with E-state index >= 15 is 0 Å².